The second-order valence-corrected chi connectivity index (χ2v) is 4.74. The van der Waals surface area contributed by atoms with Gasteiger partial charge in [-0.25, -0.2) is 4.98 Å². The second kappa shape index (κ2) is 3.82. The van der Waals surface area contributed by atoms with Gasteiger partial charge in [-0.15, -0.1) is 11.3 Å². The third kappa shape index (κ3) is 1.57. The first-order valence-corrected chi connectivity index (χ1v) is 6.15. The highest BCUT2D eigenvalue weighted by atomic mass is 32.1. The van der Waals surface area contributed by atoms with E-state index >= 15 is 0 Å². The van der Waals surface area contributed by atoms with Crippen molar-refractivity contribution in [2.75, 3.05) is 0 Å². The monoisotopic (exact) mass is 242 g/mol. The third-order valence-electron chi connectivity index (χ3n) is 2.72. The minimum absolute atomic E-state index is 0.000926. The highest BCUT2D eigenvalue weighted by Gasteiger charge is 2.09. The zero-order valence-corrected chi connectivity index (χ0v) is 10.1. The lowest BCUT2D eigenvalue weighted by Crippen LogP contribution is -2.19. The molecule has 0 bridgehead atoms. The molecule has 0 atom stereocenters. The van der Waals surface area contributed by atoms with E-state index in [0.29, 0.717) is 5.39 Å². The molecule has 84 valence electrons. The van der Waals surface area contributed by atoms with E-state index in [-0.39, 0.29) is 5.56 Å². The van der Waals surface area contributed by atoms with Crippen LogP contribution in [-0.2, 0) is 7.05 Å². The molecular weight excluding hydrogens is 232 g/mol. The zero-order chi connectivity index (χ0) is 11.8. The summed E-state index contributed by atoms with van der Waals surface area (Å²) < 4.78 is 1.61. The van der Waals surface area contributed by atoms with Gasteiger partial charge in [0, 0.05) is 7.05 Å². The average Bonchev–Trinajstić information content (AvgIpc) is 2.87. The van der Waals surface area contributed by atoms with Crippen LogP contribution >= 0.6 is 11.3 Å². The smallest absolute Gasteiger partial charge is 0.261 e. The van der Waals surface area contributed by atoms with Crippen LogP contribution in [0.3, 0.4) is 0 Å². The Balaban J connectivity index is 2.42. The summed E-state index contributed by atoms with van der Waals surface area (Å²) in [6.45, 7) is 0. The SMILES string of the molecule is Cn1c(-c2cccs2)nc2ccccc2c1=O. The normalized spacial score (nSPS) is 10.9. The molecule has 3 nitrogen and oxygen atoms in total. The van der Waals surface area contributed by atoms with Crippen molar-refractivity contribution in [2.24, 2.45) is 7.05 Å². The van der Waals surface area contributed by atoms with Crippen LogP contribution in [0.2, 0.25) is 0 Å². The topological polar surface area (TPSA) is 34.9 Å². The summed E-state index contributed by atoms with van der Waals surface area (Å²) in [4.78, 5) is 17.7. The number of thiophene rings is 1. The molecule has 17 heavy (non-hydrogen) atoms. The molecular formula is C13H10N2OS. The fraction of sp³-hybridized carbons (Fsp3) is 0.0769. The van der Waals surface area contributed by atoms with E-state index in [2.05, 4.69) is 4.98 Å². The van der Waals surface area contributed by atoms with Crippen molar-refractivity contribution in [3.63, 3.8) is 0 Å². The summed E-state index contributed by atoms with van der Waals surface area (Å²) in [5, 5.41) is 2.65. The Labute approximate surface area is 102 Å². The molecule has 0 fully saturated rings. The van der Waals surface area contributed by atoms with Gasteiger partial charge in [-0.3, -0.25) is 9.36 Å². The van der Waals surface area contributed by atoms with Crippen LogP contribution in [0.15, 0.2) is 46.6 Å². The lowest BCUT2D eigenvalue weighted by atomic mass is 10.2. The van der Waals surface area contributed by atoms with Gasteiger partial charge < -0.3 is 0 Å². The third-order valence-corrected chi connectivity index (χ3v) is 3.59. The van der Waals surface area contributed by atoms with Crippen molar-refractivity contribution in [2.45, 2.75) is 0 Å². The number of rotatable bonds is 1. The van der Waals surface area contributed by atoms with Crippen molar-refractivity contribution >= 4 is 22.2 Å². The Morgan fingerprint density at radius 3 is 2.76 bits per heavy atom. The Kier molecular flexibility index (Phi) is 2.30. The van der Waals surface area contributed by atoms with Crippen molar-refractivity contribution in [3.05, 3.63) is 52.1 Å². The molecule has 0 saturated carbocycles. The van der Waals surface area contributed by atoms with Gasteiger partial charge in [0.25, 0.3) is 5.56 Å². The molecule has 2 heterocycles. The first-order chi connectivity index (χ1) is 8.27. The van der Waals surface area contributed by atoms with Gasteiger partial charge in [0.05, 0.1) is 15.8 Å². The molecule has 0 aliphatic carbocycles. The Morgan fingerprint density at radius 2 is 2.00 bits per heavy atom. The summed E-state index contributed by atoms with van der Waals surface area (Å²) in [5.74, 6) is 0.726. The number of benzene rings is 1. The summed E-state index contributed by atoms with van der Waals surface area (Å²) in [6.07, 6.45) is 0. The number of nitrogens with zero attached hydrogens (tertiary/aromatic N) is 2. The molecule has 0 unspecified atom stereocenters. The first-order valence-electron chi connectivity index (χ1n) is 5.27. The Morgan fingerprint density at radius 1 is 1.18 bits per heavy atom. The lowest BCUT2D eigenvalue weighted by molar-refractivity contribution is 0.858. The van der Waals surface area contributed by atoms with E-state index < -0.39 is 0 Å². The summed E-state index contributed by atoms with van der Waals surface area (Å²) in [6, 6.07) is 11.4. The molecule has 3 rings (SSSR count). The summed E-state index contributed by atoms with van der Waals surface area (Å²) in [7, 11) is 1.76. The fourth-order valence-corrected chi connectivity index (χ4v) is 2.59. The highest BCUT2D eigenvalue weighted by Crippen LogP contribution is 2.22. The lowest BCUT2D eigenvalue weighted by Gasteiger charge is -2.06. The summed E-state index contributed by atoms with van der Waals surface area (Å²) in [5.41, 5.74) is 0.748. The predicted molar refractivity (Wildman–Crippen MR) is 70.3 cm³/mol. The number of fused-ring (bicyclic) bond motifs is 1. The first kappa shape index (κ1) is 10.2. The van der Waals surface area contributed by atoms with Crippen molar-refractivity contribution in [1.82, 2.24) is 9.55 Å². The molecule has 1 aromatic carbocycles. The molecule has 4 heteroatoms. The van der Waals surface area contributed by atoms with E-state index in [4.69, 9.17) is 0 Å². The van der Waals surface area contributed by atoms with Crippen LogP contribution in [0.5, 0.6) is 0 Å². The molecule has 2 aromatic heterocycles. The number of aromatic nitrogens is 2. The molecule has 0 N–H and O–H groups in total. The van der Waals surface area contributed by atoms with Crippen molar-refractivity contribution in [3.8, 4) is 10.7 Å². The van der Waals surface area contributed by atoms with Gasteiger partial charge >= 0.3 is 0 Å². The molecule has 3 aromatic rings. The Bertz CT molecular complexity index is 729. The number of para-hydroxylation sites is 1. The molecule has 0 aliphatic heterocycles. The number of hydrogen-bond donors (Lipinski definition) is 0. The quantitative estimate of drug-likeness (QED) is 0.657. The van der Waals surface area contributed by atoms with Crippen molar-refractivity contribution < 1.29 is 0 Å². The van der Waals surface area contributed by atoms with Crippen LogP contribution in [0.4, 0.5) is 0 Å². The van der Waals surface area contributed by atoms with Gasteiger partial charge in [-0.05, 0) is 23.6 Å². The largest absolute Gasteiger partial charge is 0.295 e. The number of hydrogen-bond acceptors (Lipinski definition) is 3. The van der Waals surface area contributed by atoms with Crippen LogP contribution in [0.1, 0.15) is 0 Å². The standard InChI is InChI=1S/C13H10N2OS/c1-15-12(11-7-4-8-17-11)14-10-6-3-2-5-9(10)13(15)16/h2-8H,1H3. The molecule has 0 spiro atoms. The van der Waals surface area contributed by atoms with Crippen LogP contribution in [0.25, 0.3) is 21.6 Å². The van der Waals surface area contributed by atoms with Gasteiger partial charge in [-0.2, -0.15) is 0 Å². The maximum Gasteiger partial charge on any atom is 0.261 e. The van der Waals surface area contributed by atoms with E-state index in [0.717, 1.165) is 16.2 Å². The van der Waals surface area contributed by atoms with Crippen molar-refractivity contribution in [1.29, 1.82) is 0 Å². The molecule has 0 amide bonds. The molecule has 0 saturated heterocycles. The van der Waals surface area contributed by atoms with E-state index in [1.807, 2.05) is 41.8 Å². The average molecular weight is 242 g/mol. The van der Waals surface area contributed by atoms with E-state index in [1.165, 1.54) is 0 Å². The Hall–Kier alpha value is -1.94. The molecule has 0 aliphatic rings. The predicted octanol–water partition coefficient (Wildman–Crippen LogP) is 2.66. The van der Waals surface area contributed by atoms with Gasteiger partial charge in [-0.1, -0.05) is 18.2 Å². The minimum atomic E-state index is -0.000926. The van der Waals surface area contributed by atoms with Gasteiger partial charge in [0.1, 0.15) is 0 Å². The highest BCUT2D eigenvalue weighted by molar-refractivity contribution is 7.13. The van der Waals surface area contributed by atoms with Gasteiger partial charge in [0.15, 0.2) is 5.82 Å². The second-order valence-electron chi connectivity index (χ2n) is 3.79. The molecule has 0 radical (unpaired) electrons. The van der Waals surface area contributed by atoms with Crippen LogP contribution < -0.4 is 5.56 Å². The minimum Gasteiger partial charge on any atom is -0.295 e. The van der Waals surface area contributed by atoms with Crippen LogP contribution in [-0.4, -0.2) is 9.55 Å². The maximum atomic E-state index is 12.2. The van der Waals surface area contributed by atoms with E-state index in [9.17, 15) is 4.79 Å². The maximum absolute atomic E-state index is 12.2. The van der Waals surface area contributed by atoms with Crippen LogP contribution in [0, 0.1) is 0 Å². The summed E-state index contributed by atoms with van der Waals surface area (Å²) >= 11 is 1.59. The van der Waals surface area contributed by atoms with E-state index in [1.54, 1.807) is 23.0 Å². The van der Waals surface area contributed by atoms with Gasteiger partial charge in [0.2, 0.25) is 0 Å². The fourth-order valence-electron chi connectivity index (χ4n) is 1.84. The zero-order valence-electron chi connectivity index (χ0n) is 9.25.